The zero-order chi connectivity index (χ0) is 10.1. The molecule has 2 aromatic rings. The van der Waals surface area contributed by atoms with Crippen LogP contribution in [0.25, 0.3) is 11.0 Å². The van der Waals surface area contributed by atoms with E-state index in [1.807, 2.05) is 0 Å². The van der Waals surface area contributed by atoms with Gasteiger partial charge >= 0.3 is 0 Å². The molecule has 1 aromatic carbocycles. The predicted molar refractivity (Wildman–Crippen MR) is 51.1 cm³/mol. The lowest BCUT2D eigenvalue weighted by Crippen LogP contribution is -1.93. The van der Waals surface area contributed by atoms with Crippen molar-refractivity contribution < 1.29 is 9.13 Å². The molecule has 0 aliphatic heterocycles. The molecule has 1 heterocycles. The second-order valence-corrected chi connectivity index (χ2v) is 3.01. The number of hydrogen-bond donors (Lipinski definition) is 0. The third-order valence-corrected chi connectivity index (χ3v) is 1.99. The molecular formula is C9H6ClFN2O. The van der Waals surface area contributed by atoms with Crippen molar-refractivity contribution in [2.75, 3.05) is 7.11 Å². The molecule has 0 saturated heterocycles. The normalized spacial score (nSPS) is 10.5. The summed E-state index contributed by atoms with van der Waals surface area (Å²) in [6.45, 7) is 0. The maximum atomic E-state index is 12.8. The molecule has 0 atom stereocenters. The highest BCUT2D eigenvalue weighted by Gasteiger charge is 2.06. The van der Waals surface area contributed by atoms with Crippen LogP contribution in [-0.2, 0) is 0 Å². The quantitative estimate of drug-likeness (QED) is 0.728. The number of nitrogens with zero attached hydrogens (tertiary/aromatic N) is 2. The van der Waals surface area contributed by atoms with Crippen LogP contribution in [0, 0.1) is 5.82 Å². The van der Waals surface area contributed by atoms with E-state index in [-0.39, 0.29) is 16.9 Å². The van der Waals surface area contributed by atoms with Gasteiger partial charge in [-0.05, 0) is 12.1 Å². The van der Waals surface area contributed by atoms with Gasteiger partial charge in [0.1, 0.15) is 5.82 Å². The first-order valence-electron chi connectivity index (χ1n) is 3.87. The minimum Gasteiger partial charge on any atom is -0.479 e. The van der Waals surface area contributed by atoms with E-state index in [0.29, 0.717) is 11.0 Å². The number of ether oxygens (including phenoxy) is 1. The Bertz CT molecular complexity index is 489. The van der Waals surface area contributed by atoms with Crippen LogP contribution in [0.4, 0.5) is 4.39 Å². The third-order valence-electron chi connectivity index (χ3n) is 1.75. The van der Waals surface area contributed by atoms with Crippen molar-refractivity contribution in [2.24, 2.45) is 0 Å². The Morgan fingerprint density at radius 2 is 2.07 bits per heavy atom. The third kappa shape index (κ3) is 1.48. The van der Waals surface area contributed by atoms with Gasteiger partial charge in [-0.3, -0.25) is 0 Å². The smallest absolute Gasteiger partial charge is 0.252 e. The summed E-state index contributed by atoms with van der Waals surface area (Å²) < 4.78 is 17.7. The molecule has 14 heavy (non-hydrogen) atoms. The Morgan fingerprint density at radius 1 is 1.29 bits per heavy atom. The van der Waals surface area contributed by atoms with Gasteiger partial charge in [0.25, 0.3) is 5.88 Å². The molecule has 5 heteroatoms. The number of aromatic nitrogens is 2. The average molecular weight is 213 g/mol. The molecule has 0 aliphatic rings. The fraction of sp³-hybridized carbons (Fsp3) is 0.111. The van der Waals surface area contributed by atoms with Crippen LogP contribution in [0.5, 0.6) is 5.88 Å². The maximum Gasteiger partial charge on any atom is 0.252 e. The molecule has 0 bridgehead atoms. The summed E-state index contributed by atoms with van der Waals surface area (Å²) in [5.41, 5.74) is 0.962. The van der Waals surface area contributed by atoms with E-state index in [1.54, 1.807) is 0 Å². The van der Waals surface area contributed by atoms with Gasteiger partial charge in [-0.2, -0.15) is 0 Å². The fourth-order valence-electron chi connectivity index (χ4n) is 1.12. The molecular weight excluding hydrogens is 207 g/mol. The molecule has 3 nitrogen and oxygen atoms in total. The summed E-state index contributed by atoms with van der Waals surface area (Å²) in [5.74, 6) is -0.126. The van der Waals surface area contributed by atoms with Crippen LogP contribution in [0.2, 0.25) is 5.15 Å². The summed E-state index contributed by atoms with van der Waals surface area (Å²) >= 11 is 5.73. The molecule has 0 aliphatic carbocycles. The molecule has 0 unspecified atom stereocenters. The van der Waals surface area contributed by atoms with Gasteiger partial charge in [-0.25, -0.2) is 14.4 Å². The van der Waals surface area contributed by atoms with Gasteiger partial charge in [0.2, 0.25) is 0 Å². The average Bonchev–Trinajstić information content (AvgIpc) is 2.16. The second kappa shape index (κ2) is 3.38. The van der Waals surface area contributed by atoms with Crippen LogP contribution < -0.4 is 4.74 Å². The highest BCUT2D eigenvalue weighted by atomic mass is 35.5. The maximum absolute atomic E-state index is 12.8. The van der Waals surface area contributed by atoms with Gasteiger partial charge < -0.3 is 4.74 Å². The molecule has 0 radical (unpaired) electrons. The van der Waals surface area contributed by atoms with E-state index in [2.05, 4.69) is 9.97 Å². The van der Waals surface area contributed by atoms with Crippen LogP contribution in [0.1, 0.15) is 0 Å². The van der Waals surface area contributed by atoms with Gasteiger partial charge in [0, 0.05) is 6.07 Å². The Hall–Kier alpha value is -1.42. The Balaban J connectivity index is 2.73. The molecule has 2 rings (SSSR count). The van der Waals surface area contributed by atoms with Crippen molar-refractivity contribution >= 4 is 22.6 Å². The van der Waals surface area contributed by atoms with Crippen LogP contribution in [-0.4, -0.2) is 17.1 Å². The lowest BCUT2D eigenvalue weighted by Gasteiger charge is -2.02. The lowest BCUT2D eigenvalue weighted by atomic mass is 10.3. The second-order valence-electron chi connectivity index (χ2n) is 2.66. The van der Waals surface area contributed by atoms with Crippen LogP contribution in [0.3, 0.4) is 0 Å². The molecule has 0 N–H and O–H groups in total. The van der Waals surface area contributed by atoms with E-state index in [1.165, 1.54) is 25.3 Å². The summed E-state index contributed by atoms with van der Waals surface area (Å²) in [7, 11) is 1.45. The van der Waals surface area contributed by atoms with E-state index in [9.17, 15) is 4.39 Å². The first-order chi connectivity index (χ1) is 6.70. The van der Waals surface area contributed by atoms with Crippen LogP contribution in [0.15, 0.2) is 18.2 Å². The van der Waals surface area contributed by atoms with Gasteiger partial charge in [0.05, 0.1) is 18.1 Å². The van der Waals surface area contributed by atoms with Gasteiger partial charge in [0.15, 0.2) is 5.15 Å². The number of hydrogen-bond acceptors (Lipinski definition) is 3. The number of fused-ring (bicyclic) bond motifs is 1. The van der Waals surface area contributed by atoms with E-state index in [4.69, 9.17) is 16.3 Å². The van der Waals surface area contributed by atoms with Gasteiger partial charge in [-0.1, -0.05) is 11.6 Å². The largest absolute Gasteiger partial charge is 0.479 e. The minimum absolute atomic E-state index is 0.130. The van der Waals surface area contributed by atoms with E-state index < -0.39 is 0 Å². The topological polar surface area (TPSA) is 35.0 Å². The summed E-state index contributed by atoms with van der Waals surface area (Å²) in [6.07, 6.45) is 0. The SMILES string of the molecule is COc1nc2ccc(F)cc2nc1Cl. The number of halogens is 2. The molecule has 0 spiro atoms. The number of methoxy groups -OCH3 is 1. The standard InChI is InChI=1S/C9H6ClFN2O/c1-14-9-8(10)12-7-4-5(11)2-3-6(7)13-9/h2-4H,1H3. The van der Waals surface area contributed by atoms with Crippen molar-refractivity contribution in [3.8, 4) is 5.88 Å². The number of rotatable bonds is 1. The minimum atomic E-state index is -0.368. The Labute approximate surface area is 84.5 Å². The molecule has 0 fully saturated rings. The van der Waals surface area contributed by atoms with Crippen molar-refractivity contribution in [1.82, 2.24) is 9.97 Å². The summed E-state index contributed by atoms with van der Waals surface area (Å²) in [6, 6.07) is 4.11. The molecule has 1 aromatic heterocycles. The van der Waals surface area contributed by atoms with Gasteiger partial charge in [-0.15, -0.1) is 0 Å². The molecule has 72 valence electrons. The van der Waals surface area contributed by atoms with E-state index in [0.717, 1.165) is 0 Å². The first kappa shape index (κ1) is 9.15. The number of benzene rings is 1. The predicted octanol–water partition coefficient (Wildman–Crippen LogP) is 2.43. The monoisotopic (exact) mass is 212 g/mol. The highest BCUT2D eigenvalue weighted by Crippen LogP contribution is 2.22. The Kier molecular flexibility index (Phi) is 2.21. The summed E-state index contributed by atoms with van der Waals surface area (Å²) in [4.78, 5) is 8.00. The van der Waals surface area contributed by atoms with Crippen molar-refractivity contribution in [3.05, 3.63) is 29.2 Å². The zero-order valence-electron chi connectivity index (χ0n) is 7.29. The van der Waals surface area contributed by atoms with Crippen molar-refractivity contribution in [3.63, 3.8) is 0 Å². The zero-order valence-corrected chi connectivity index (χ0v) is 8.05. The lowest BCUT2D eigenvalue weighted by molar-refractivity contribution is 0.398. The van der Waals surface area contributed by atoms with E-state index >= 15 is 0 Å². The molecule has 0 amide bonds. The Morgan fingerprint density at radius 3 is 2.79 bits per heavy atom. The van der Waals surface area contributed by atoms with Crippen molar-refractivity contribution in [2.45, 2.75) is 0 Å². The van der Waals surface area contributed by atoms with Crippen molar-refractivity contribution in [1.29, 1.82) is 0 Å². The highest BCUT2D eigenvalue weighted by molar-refractivity contribution is 6.30. The fourth-order valence-corrected chi connectivity index (χ4v) is 1.33. The first-order valence-corrected chi connectivity index (χ1v) is 4.25. The molecule has 0 saturated carbocycles. The van der Waals surface area contributed by atoms with Crippen LogP contribution >= 0.6 is 11.6 Å². The summed E-state index contributed by atoms with van der Waals surface area (Å²) in [5, 5.41) is 0.130.